The second kappa shape index (κ2) is 4.78. The Morgan fingerprint density at radius 2 is 1.82 bits per heavy atom. The zero-order valence-electron chi connectivity index (χ0n) is 8.22. The first-order chi connectivity index (χ1) is 8.00. The van der Waals surface area contributed by atoms with Crippen LogP contribution in [0.1, 0.15) is 0 Å². The summed E-state index contributed by atoms with van der Waals surface area (Å²) in [6.07, 6.45) is -1.56. The first-order valence-electron chi connectivity index (χ1n) is 4.47. The van der Waals surface area contributed by atoms with Gasteiger partial charge in [0.1, 0.15) is 9.94 Å². The number of carbonyl (C=O) groups is 1. The maximum absolute atomic E-state index is 12.1. The van der Waals surface area contributed by atoms with Gasteiger partial charge in [0.05, 0.1) is 10.8 Å². The number of hydrogen-bond acceptors (Lipinski definition) is 4. The van der Waals surface area contributed by atoms with Crippen molar-refractivity contribution in [3.63, 3.8) is 0 Å². The Kier molecular flexibility index (Phi) is 3.53. The Hall–Kier alpha value is -0.880. The highest BCUT2D eigenvalue weighted by Crippen LogP contribution is 2.30. The van der Waals surface area contributed by atoms with Crippen LogP contribution in [0.2, 0.25) is 5.02 Å². The summed E-state index contributed by atoms with van der Waals surface area (Å²) in [6.45, 7) is 0. The lowest BCUT2D eigenvalue weighted by molar-refractivity contribution is -0.150. The summed E-state index contributed by atoms with van der Waals surface area (Å²) < 4.78 is 16.5. The lowest BCUT2D eigenvalue weighted by Crippen LogP contribution is -2.13. The maximum atomic E-state index is 12.1. The van der Waals surface area contributed by atoms with E-state index in [2.05, 4.69) is 4.74 Å². The lowest BCUT2D eigenvalue weighted by Gasteiger charge is -2.06. The molecule has 0 aromatic heterocycles. The Morgan fingerprint density at radius 3 is 2.29 bits per heavy atom. The molecule has 0 amide bonds. The molecule has 0 saturated heterocycles. The van der Waals surface area contributed by atoms with Crippen LogP contribution in [0.3, 0.4) is 0 Å². The van der Waals surface area contributed by atoms with Crippen LogP contribution in [0, 0.1) is 0 Å². The minimum atomic E-state index is -1.75. The second-order valence-corrected chi connectivity index (χ2v) is 5.42. The smallest absolute Gasteiger partial charge is 0.353 e. The number of esters is 1. The Bertz CT molecular complexity index is 524. The van der Waals surface area contributed by atoms with Crippen molar-refractivity contribution in [3.8, 4) is 0 Å². The average molecular weight is 293 g/mol. The highest BCUT2D eigenvalue weighted by molar-refractivity contribution is 7.89. The molecule has 17 heavy (non-hydrogen) atoms. The zero-order valence-corrected chi connectivity index (χ0v) is 10.6. The van der Waals surface area contributed by atoms with Crippen molar-refractivity contribution in [2.24, 2.45) is 0 Å². The number of aliphatic hydroxyl groups excluding tert-OH is 1. The zero-order chi connectivity index (χ0) is 12.6. The van der Waals surface area contributed by atoms with Crippen LogP contribution in [0.5, 0.6) is 0 Å². The molecule has 0 saturated carbocycles. The van der Waals surface area contributed by atoms with Gasteiger partial charge in [-0.2, -0.15) is 0 Å². The quantitative estimate of drug-likeness (QED) is 0.844. The number of hydrogen-bond donors (Lipinski definition) is 1. The molecule has 0 unspecified atom stereocenters. The van der Waals surface area contributed by atoms with Gasteiger partial charge in [0.2, 0.25) is 6.29 Å². The standard InChI is InChI=1S/C10H6Cl2O4S/c11-5-1-3-6(4-2-5)17(15)8-7(12)9(13)16-10(8)14/h1-4,10,14H/t10-,17-/m1/s1. The molecular formula is C10H6Cl2O4S. The highest BCUT2D eigenvalue weighted by atomic mass is 35.5. The fourth-order valence-electron chi connectivity index (χ4n) is 1.27. The van der Waals surface area contributed by atoms with Crippen molar-refractivity contribution < 1.29 is 18.8 Å². The first kappa shape index (κ1) is 12.6. The fraction of sp³-hybridized carbons (Fsp3) is 0.100. The van der Waals surface area contributed by atoms with Gasteiger partial charge in [-0.15, -0.1) is 0 Å². The van der Waals surface area contributed by atoms with Crippen LogP contribution >= 0.6 is 23.2 Å². The van der Waals surface area contributed by atoms with Crippen LogP contribution in [0.4, 0.5) is 0 Å². The summed E-state index contributed by atoms with van der Waals surface area (Å²) in [5, 5.41) is 9.56. The predicted octanol–water partition coefficient (Wildman–Crippen LogP) is 1.77. The van der Waals surface area contributed by atoms with Gasteiger partial charge in [-0.25, -0.2) is 9.00 Å². The van der Waals surface area contributed by atoms with Crippen molar-refractivity contribution in [2.75, 3.05) is 0 Å². The minimum Gasteiger partial charge on any atom is -0.426 e. The minimum absolute atomic E-state index is 0.140. The molecule has 1 aromatic carbocycles. The van der Waals surface area contributed by atoms with Gasteiger partial charge in [0.25, 0.3) is 0 Å². The molecule has 1 aromatic rings. The van der Waals surface area contributed by atoms with E-state index in [4.69, 9.17) is 23.2 Å². The van der Waals surface area contributed by atoms with Crippen molar-refractivity contribution >= 4 is 40.0 Å². The summed E-state index contributed by atoms with van der Waals surface area (Å²) >= 11 is 11.3. The van der Waals surface area contributed by atoms with E-state index in [9.17, 15) is 14.1 Å². The van der Waals surface area contributed by atoms with Crippen LogP contribution in [0.15, 0.2) is 39.1 Å². The lowest BCUT2D eigenvalue weighted by atomic mass is 10.4. The van der Waals surface area contributed by atoms with Gasteiger partial charge < -0.3 is 9.84 Å². The molecule has 7 heteroatoms. The number of cyclic esters (lactones) is 1. The van der Waals surface area contributed by atoms with Gasteiger partial charge >= 0.3 is 5.97 Å². The SMILES string of the molecule is O=C1O[C@@H](O)C([S@](=O)c2ccc(Cl)cc2)=C1Cl. The number of ether oxygens (including phenoxy) is 1. The number of aliphatic hydroxyl groups is 1. The third kappa shape index (κ3) is 2.37. The van der Waals surface area contributed by atoms with E-state index >= 15 is 0 Å². The van der Waals surface area contributed by atoms with Crippen LogP contribution in [0.25, 0.3) is 0 Å². The third-order valence-corrected chi connectivity index (χ3v) is 4.29. The number of rotatable bonds is 2. The van der Waals surface area contributed by atoms with E-state index in [1.165, 1.54) is 12.1 Å². The normalized spacial score (nSPS) is 21.6. The molecule has 0 bridgehead atoms. The summed E-state index contributed by atoms with van der Waals surface area (Å²) in [4.78, 5) is 11.3. The molecular weight excluding hydrogens is 287 g/mol. The summed E-state index contributed by atoms with van der Waals surface area (Å²) in [5.74, 6) is -0.878. The van der Waals surface area contributed by atoms with E-state index in [0.29, 0.717) is 9.92 Å². The Labute approximate surface area is 109 Å². The van der Waals surface area contributed by atoms with Gasteiger partial charge in [0.15, 0.2) is 0 Å². The van der Waals surface area contributed by atoms with E-state index in [0.717, 1.165) is 0 Å². The molecule has 90 valence electrons. The van der Waals surface area contributed by atoms with Crippen LogP contribution in [-0.2, 0) is 20.3 Å². The molecule has 0 fully saturated rings. The van der Waals surface area contributed by atoms with Crippen molar-refractivity contribution in [1.82, 2.24) is 0 Å². The van der Waals surface area contributed by atoms with Crippen molar-refractivity contribution in [3.05, 3.63) is 39.2 Å². The molecule has 1 N–H and O–H groups in total. The largest absolute Gasteiger partial charge is 0.426 e. The molecule has 2 rings (SSSR count). The molecule has 0 spiro atoms. The van der Waals surface area contributed by atoms with Gasteiger partial charge in [0, 0.05) is 9.92 Å². The monoisotopic (exact) mass is 292 g/mol. The number of carbonyl (C=O) groups excluding carboxylic acids is 1. The molecule has 0 aliphatic carbocycles. The third-order valence-electron chi connectivity index (χ3n) is 2.07. The molecule has 1 aliphatic heterocycles. The van der Waals surface area contributed by atoms with Gasteiger partial charge in [-0.1, -0.05) is 23.2 Å². The molecule has 2 atom stereocenters. The van der Waals surface area contributed by atoms with E-state index < -0.39 is 23.1 Å². The second-order valence-electron chi connectivity index (χ2n) is 3.16. The Morgan fingerprint density at radius 1 is 1.24 bits per heavy atom. The number of halogens is 2. The van der Waals surface area contributed by atoms with E-state index in [1.54, 1.807) is 12.1 Å². The average Bonchev–Trinajstić information content (AvgIpc) is 2.53. The molecule has 1 aliphatic rings. The molecule has 4 nitrogen and oxygen atoms in total. The van der Waals surface area contributed by atoms with Crippen LogP contribution in [-0.4, -0.2) is 21.6 Å². The van der Waals surface area contributed by atoms with E-state index in [1.807, 2.05) is 0 Å². The van der Waals surface area contributed by atoms with Crippen molar-refractivity contribution in [1.29, 1.82) is 0 Å². The maximum Gasteiger partial charge on any atom is 0.353 e. The van der Waals surface area contributed by atoms with E-state index in [-0.39, 0.29) is 9.94 Å². The van der Waals surface area contributed by atoms with Crippen LogP contribution < -0.4 is 0 Å². The number of benzene rings is 1. The first-order valence-corrected chi connectivity index (χ1v) is 6.37. The summed E-state index contributed by atoms with van der Waals surface area (Å²) in [7, 11) is -1.75. The molecule has 1 heterocycles. The fourth-order valence-corrected chi connectivity index (χ4v) is 2.86. The predicted molar refractivity (Wildman–Crippen MR) is 62.8 cm³/mol. The van der Waals surface area contributed by atoms with Crippen molar-refractivity contribution in [2.45, 2.75) is 11.2 Å². The topological polar surface area (TPSA) is 63.6 Å². The highest BCUT2D eigenvalue weighted by Gasteiger charge is 2.36. The Balaban J connectivity index is 2.38. The summed E-state index contributed by atoms with van der Waals surface area (Å²) in [5.41, 5.74) is 0. The summed E-state index contributed by atoms with van der Waals surface area (Å²) in [6, 6.07) is 6.14. The molecule has 0 radical (unpaired) electrons. The van der Waals surface area contributed by atoms with Gasteiger partial charge in [-0.3, -0.25) is 0 Å². The van der Waals surface area contributed by atoms with Gasteiger partial charge in [-0.05, 0) is 24.3 Å².